The van der Waals surface area contributed by atoms with Crippen LogP contribution < -0.4 is 0 Å². The number of aromatic nitrogens is 5. The van der Waals surface area contributed by atoms with Gasteiger partial charge in [0.2, 0.25) is 0 Å². The van der Waals surface area contributed by atoms with Crippen LogP contribution in [-0.2, 0) is 18.6 Å². The van der Waals surface area contributed by atoms with Gasteiger partial charge in [0.05, 0.1) is 22.0 Å². The van der Waals surface area contributed by atoms with Gasteiger partial charge in [-0.1, -0.05) is 50.6 Å². The van der Waals surface area contributed by atoms with Gasteiger partial charge in [-0.2, -0.15) is 18.3 Å². The van der Waals surface area contributed by atoms with E-state index in [1.807, 2.05) is 6.07 Å². The second-order valence-corrected chi connectivity index (χ2v) is 8.51. The number of nitrogens with one attached hydrogen (secondary N) is 1. The van der Waals surface area contributed by atoms with Gasteiger partial charge >= 0.3 is 35.7 Å². The van der Waals surface area contributed by atoms with Crippen molar-refractivity contribution >= 4 is 52.3 Å². The zero-order valence-corrected chi connectivity index (χ0v) is 17.5. The van der Waals surface area contributed by atoms with Crippen LogP contribution >= 0.6 is 11.6 Å². The summed E-state index contributed by atoms with van der Waals surface area (Å²) in [6.07, 6.45) is -4.51. The van der Waals surface area contributed by atoms with Gasteiger partial charge in [0.1, 0.15) is 11.2 Å². The van der Waals surface area contributed by atoms with Gasteiger partial charge in [-0.3, -0.25) is 4.68 Å². The Hall–Kier alpha value is -1.87. The molecule has 0 saturated carbocycles. The van der Waals surface area contributed by atoms with Gasteiger partial charge in [-0.05, 0) is 18.2 Å². The Bertz CT molecular complexity index is 1250. The second-order valence-electron chi connectivity index (χ2n) is 8.11. The fourth-order valence-electron chi connectivity index (χ4n) is 3.22. The van der Waals surface area contributed by atoms with Crippen molar-refractivity contribution in [3.63, 3.8) is 0 Å². The number of nitrogens with zero attached hydrogens (tertiary/aromatic N) is 4. The third-order valence-electron chi connectivity index (χ3n) is 4.81. The van der Waals surface area contributed by atoms with Crippen molar-refractivity contribution in [2.75, 3.05) is 0 Å². The van der Waals surface area contributed by atoms with Gasteiger partial charge < -0.3 is 4.98 Å². The molecule has 0 aliphatic heterocycles. The number of rotatable bonds is 2. The summed E-state index contributed by atoms with van der Waals surface area (Å²) in [6.45, 7) is 6.17. The molecule has 4 rings (SSSR count). The number of alkyl halides is 3. The van der Waals surface area contributed by atoms with Crippen LogP contribution in [0.2, 0.25) is 5.02 Å². The first-order valence-corrected chi connectivity index (χ1v) is 9.60. The number of hydrogen-bond acceptors (Lipinski definition) is 3. The van der Waals surface area contributed by atoms with Gasteiger partial charge in [0.15, 0.2) is 11.5 Å². The number of benzene rings is 1. The molecule has 0 aliphatic rings. The van der Waals surface area contributed by atoms with Crippen LogP contribution in [0.1, 0.15) is 32.0 Å². The molecule has 0 atom stereocenters. The molecule has 3 heterocycles. The Morgan fingerprint density at radius 2 is 1.71 bits per heavy atom. The van der Waals surface area contributed by atoms with E-state index in [4.69, 9.17) is 11.6 Å². The molecule has 0 bridgehead atoms. The maximum absolute atomic E-state index is 13.4. The maximum atomic E-state index is 13.4. The minimum atomic E-state index is -4.51. The molecular formula is C21H20ClF3N5Na. The minimum absolute atomic E-state index is 0. The van der Waals surface area contributed by atoms with Crippen LogP contribution in [-0.4, -0.2) is 54.3 Å². The molecule has 0 amide bonds. The van der Waals surface area contributed by atoms with Crippen molar-refractivity contribution in [1.82, 2.24) is 24.7 Å². The standard InChI is InChI=1S/C21H19ClF3N5.Na.H/c1-20(2,3)16-10-15(30(4)29-16)18-27-17-13(22)9-14(26-19(17)28-18)11-7-5-6-8-12(11)21(23,24)25;;/h5-10H,1-4H3,(H,26,27,28);;. The number of pyridine rings is 1. The summed E-state index contributed by atoms with van der Waals surface area (Å²) >= 11 is 6.38. The molecule has 0 spiro atoms. The number of H-pyrrole nitrogens is 1. The quantitative estimate of drug-likeness (QED) is 0.413. The first-order chi connectivity index (χ1) is 13.9. The molecule has 1 N–H and O–H groups in total. The van der Waals surface area contributed by atoms with E-state index in [2.05, 4.69) is 40.8 Å². The monoisotopic (exact) mass is 457 g/mol. The third-order valence-corrected chi connectivity index (χ3v) is 5.11. The summed E-state index contributed by atoms with van der Waals surface area (Å²) in [4.78, 5) is 12.0. The number of halogens is 4. The molecule has 0 aliphatic carbocycles. The second kappa shape index (κ2) is 8.24. The summed E-state index contributed by atoms with van der Waals surface area (Å²) < 4.78 is 42.0. The third kappa shape index (κ3) is 4.53. The molecule has 5 nitrogen and oxygen atoms in total. The summed E-state index contributed by atoms with van der Waals surface area (Å²) in [7, 11) is 1.80. The molecule has 0 radical (unpaired) electrons. The fraction of sp³-hybridized carbons (Fsp3) is 0.286. The number of fused-ring (bicyclic) bond motifs is 1. The van der Waals surface area contributed by atoms with Crippen LogP contribution in [0.4, 0.5) is 13.2 Å². The Labute approximate surface area is 204 Å². The molecule has 31 heavy (non-hydrogen) atoms. The summed E-state index contributed by atoms with van der Waals surface area (Å²) in [6, 6.07) is 8.61. The summed E-state index contributed by atoms with van der Waals surface area (Å²) in [5.74, 6) is 0.492. The van der Waals surface area contributed by atoms with Crippen molar-refractivity contribution in [3.8, 4) is 22.8 Å². The van der Waals surface area contributed by atoms with Crippen molar-refractivity contribution in [2.24, 2.45) is 7.05 Å². The number of aromatic amines is 1. The Morgan fingerprint density at radius 3 is 2.32 bits per heavy atom. The normalized spacial score (nSPS) is 12.3. The van der Waals surface area contributed by atoms with Crippen molar-refractivity contribution < 1.29 is 13.2 Å². The first kappa shape index (κ1) is 23.8. The van der Waals surface area contributed by atoms with E-state index in [0.29, 0.717) is 11.3 Å². The van der Waals surface area contributed by atoms with Gasteiger partial charge in [-0.25, -0.2) is 9.97 Å². The zero-order chi connectivity index (χ0) is 21.8. The van der Waals surface area contributed by atoms with Crippen molar-refractivity contribution in [2.45, 2.75) is 32.4 Å². The summed E-state index contributed by atoms with van der Waals surface area (Å²) in [5, 5.41) is 4.77. The van der Waals surface area contributed by atoms with E-state index >= 15 is 0 Å². The Balaban J connectivity index is 0.00000272. The molecular weight excluding hydrogens is 438 g/mol. The number of aryl methyl sites for hydroxylation is 1. The zero-order valence-electron chi connectivity index (χ0n) is 16.8. The molecule has 0 saturated heterocycles. The SMILES string of the molecule is Cn1nc(C(C)(C)C)cc1-c1nc2nc(-c3ccccc3C(F)(F)F)cc(Cl)c2[nH]1.[NaH]. The Morgan fingerprint density at radius 1 is 1.03 bits per heavy atom. The van der Waals surface area contributed by atoms with Crippen molar-refractivity contribution in [3.05, 3.63) is 52.7 Å². The predicted molar refractivity (Wildman–Crippen MR) is 117 cm³/mol. The fourth-order valence-corrected chi connectivity index (χ4v) is 3.45. The van der Waals surface area contributed by atoms with E-state index in [9.17, 15) is 13.2 Å². The van der Waals surface area contributed by atoms with Gasteiger partial charge in [0.25, 0.3) is 0 Å². The van der Waals surface area contributed by atoms with Crippen LogP contribution in [0, 0.1) is 0 Å². The molecule has 1 aromatic carbocycles. The van der Waals surface area contributed by atoms with E-state index < -0.39 is 11.7 Å². The molecule has 4 aromatic rings. The molecule has 3 aromatic heterocycles. The molecule has 0 unspecified atom stereocenters. The molecule has 0 fully saturated rings. The number of imidazole rings is 1. The van der Waals surface area contributed by atoms with Crippen LogP contribution in [0.25, 0.3) is 33.9 Å². The van der Waals surface area contributed by atoms with E-state index in [0.717, 1.165) is 17.5 Å². The van der Waals surface area contributed by atoms with Gasteiger partial charge in [0, 0.05) is 18.0 Å². The van der Waals surface area contributed by atoms with Crippen LogP contribution in [0.5, 0.6) is 0 Å². The molecule has 10 heteroatoms. The average Bonchev–Trinajstić information content (AvgIpc) is 3.24. The van der Waals surface area contributed by atoms with E-state index in [-0.39, 0.29) is 56.9 Å². The van der Waals surface area contributed by atoms with Crippen molar-refractivity contribution in [1.29, 1.82) is 0 Å². The van der Waals surface area contributed by atoms with E-state index in [1.165, 1.54) is 24.3 Å². The van der Waals surface area contributed by atoms with Gasteiger partial charge in [-0.15, -0.1) is 0 Å². The number of hydrogen-bond donors (Lipinski definition) is 1. The van der Waals surface area contributed by atoms with Crippen LogP contribution in [0.15, 0.2) is 36.4 Å². The van der Waals surface area contributed by atoms with Crippen LogP contribution in [0.3, 0.4) is 0 Å². The predicted octanol–water partition coefficient (Wildman–Crippen LogP) is 5.35. The van der Waals surface area contributed by atoms with E-state index in [1.54, 1.807) is 11.7 Å². The topological polar surface area (TPSA) is 59.4 Å². The average molecular weight is 458 g/mol. The Kier molecular flexibility index (Phi) is 6.32. The first-order valence-electron chi connectivity index (χ1n) is 9.23. The molecule has 158 valence electrons. The summed E-state index contributed by atoms with van der Waals surface area (Å²) in [5.41, 5.74) is 1.46.